The number of nitrogens with zero attached hydrogens (tertiary/aromatic N) is 1. The van der Waals surface area contributed by atoms with Gasteiger partial charge >= 0.3 is 12.2 Å². The largest absolute Gasteiger partial charge is 0.465 e. The number of rotatable bonds is 11. The minimum atomic E-state index is -1.32. The number of carbonyl (C=O) groups is 3. The summed E-state index contributed by atoms with van der Waals surface area (Å²) >= 11 is 3.12. The molecule has 2 heterocycles. The van der Waals surface area contributed by atoms with Crippen molar-refractivity contribution in [3.63, 3.8) is 0 Å². The van der Waals surface area contributed by atoms with Gasteiger partial charge in [-0.05, 0) is 44.4 Å². The van der Waals surface area contributed by atoms with Crippen molar-refractivity contribution in [1.29, 1.82) is 0 Å². The maximum atomic E-state index is 11.0. The van der Waals surface area contributed by atoms with Crippen LogP contribution in [0.4, 0.5) is 14.7 Å². The van der Waals surface area contributed by atoms with Gasteiger partial charge in [-0.3, -0.25) is 20.7 Å². The van der Waals surface area contributed by atoms with Gasteiger partial charge in [0.15, 0.2) is 11.4 Å². The molecule has 0 unspecified atom stereocenters. The van der Waals surface area contributed by atoms with E-state index >= 15 is 0 Å². The molecule has 10 nitrogen and oxygen atoms in total. The van der Waals surface area contributed by atoms with Crippen molar-refractivity contribution in [3.8, 4) is 0 Å². The van der Waals surface area contributed by atoms with Gasteiger partial charge in [0.25, 0.3) is 0 Å². The third-order valence-electron chi connectivity index (χ3n) is 3.66. The molecule has 2 aromatic rings. The molecular formula is C17H23N5O5S2. The minimum absolute atomic E-state index is 0.132. The van der Waals surface area contributed by atoms with Gasteiger partial charge in [-0.2, -0.15) is 0 Å². The van der Waals surface area contributed by atoms with Crippen molar-refractivity contribution in [2.75, 3.05) is 11.9 Å². The molecule has 0 aliphatic rings. The second-order valence-electron chi connectivity index (χ2n) is 6.08. The van der Waals surface area contributed by atoms with E-state index < -0.39 is 18.5 Å². The molecule has 12 heteroatoms. The van der Waals surface area contributed by atoms with Crippen LogP contribution in [0.5, 0.6) is 0 Å². The molecule has 3 amide bonds. The van der Waals surface area contributed by atoms with Crippen LogP contribution in [-0.2, 0) is 24.1 Å². The summed E-state index contributed by atoms with van der Waals surface area (Å²) in [7, 11) is 0. The maximum Gasteiger partial charge on any atom is 0.407 e. The van der Waals surface area contributed by atoms with Crippen LogP contribution in [0.1, 0.15) is 28.8 Å². The van der Waals surface area contributed by atoms with Crippen LogP contribution in [-0.4, -0.2) is 46.1 Å². The van der Waals surface area contributed by atoms with E-state index in [2.05, 4.69) is 27.8 Å². The fourth-order valence-electron chi connectivity index (χ4n) is 2.47. The number of carboxylic acid groups (broad SMARTS) is 2. The van der Waals surface area contributed by atoms with Gasteiger partial charge in [0, 0.05) is 22.1 Å². The van der Waals surface area contributed by atoms with E-state index in [4.69, 9.17) is 10.2 Å². The molecule has 2 rings (SSSR count). The Labute approximate surface area is 175 Å². The highest BCUT2D eigenvalue weighted by atomic mass is 32.1. The number of aryl methyl sites for hydroxylation is 3. The highest BCUT2D eigenvalue weighted by Gasteiger charge is 2.12. The minimum Gasteiger partial charge on any atom is -0.465 e. The normalized spacial score (nSPS) is 10.7. The van der Waals surface area contributed by atoms with E-state index in [1.165, 1.54) is 28.0 Å². The number of aromatic nitrogens is 1. The van der Waals surface area contributed by atoms with E-state index in [1.807, 2.05) is 16.0 Å². The molecular weight excluding hydrogens is 418 g/mol. The Hall–Kier alpha value is -2.70. The molecule has 0 bridgehead atoms. The predicted octanol–water partition coefficient (Wildman–Crippen LogP) is 2.29. The zero-order valence-electron chi connectivity index (χ0n) is 15.7. The zero-order valence-corrected chi connectivity index (χ0v) is 17.4. The molecule has 158 valence electrons. The van der Waals surface area contributed by atoms with Gasteiger partial charge in [-0.1, -0.05) is 0 Å². The first-order valence-corrected chi connectivity index (χ1v) is 10.5. The molecule has 6 N–H and O–H groups in total. The molecule has 0 radical (unpaired) electrons. The van der Waals surface area contributed by atoms with Gasteiger partial charge < -0.3 is 15.5 Å². The lowest BCUT2D eigenvalue weighted by Gasteiger charge is -2.17. The van der Waals surface area contributed by atoms with E-state index in [0.717, 1.165) is 31.4 Å². The molecule has 2 aromatic heterocycles. The van der Waals surface area contributed by atoms with Crippen LogP contribution in [0.25, 0.3) is 0 Å². The van der Waals surface area contributed by atoms with Crippen molar-refractivity contribution >= 4 is 45.9 Å². The van der Waals surface area contributed by atoms with E-state index in [9.17, 15) is 14.4 Å². The zero-order chi connectivity index (χ0) is 21.2. The topological polar surface area (TPSA) is 153 Å². The number of anilines is 1. The maximum absolute atomic E-state index is 11.0. The molecule has 29 heavy (non-hydrogen) atoms. The van der Waals surface area contributed by atoms with Crippen molar-refractivity contribution in [2.45, 2.75) is 38.9 Å². The lowest BCUT2D eigenvalue weighted by Crippen LogP contribution is -2.56. The third kappa shape index (κ3) is 8.89. The van der Waals surface area contributed by atoms with Crippen LogP contribution in [0.2, 0.25) is 0 Å². The van der Waals surface area contributed by atoms with Crippen LogP contribution in [0.3, 0.4) is 0 Å². The SMILES string of the molecule is CC(=O)Nc1nc(CCc2ccc(CCCNC(NC(=O)O)NC(=O)O)s2)cs1. The molecule has 0 fully saturated rings. The van der Waals surface area contributed by atoms with Crippen LogP contribution < -0.4 is 21.3 Å². The summed E-state index contributed by atoms with van der Waals surface area (Å²) in [5, 5.41) is 29.5. The van der Waals surface area contributed by atoms with Crippen molar-refractivity contribution in [3.05, 3.63) is 33.0 Å². The Bertz CT molecular complexity index is 822. The first-order valence-electron chi connectivity index (χ1n) is 8.83. The Kier molecular flexibility index (Phi) is 8.83. The Morgan fingerprint density at radius 2 is 1.72 bits per heavy atom. The average molecular weight is 442 g/mol. The van der Waals surface area contributed by atoms with E-state index in [1.54, 1.807) is 11.3 Å². The molecule has 0 aromatic carbocycles. The van der Waals surface area contributed by atoms with Crippen molar-refractivity contribution < 1.29 is 24.6 Å². The summed E-state index contributed by atoms with van der Waals surface area (Å²) in [5.41, 5.74) is 0.945. The molecule has 0 saturated carbocycles. The smallest absolute Gasteiger partial charge is 0.407 e. The first-order chi connectivity index (χ1) is 13.8. The number of amides is 3. The Morgan fingerprint density at radius 3 is 2.34 bits per heavy atom. The second kappa shape index (κ2) is 11.3. The first kappa shape index (κ1) is 22.6. The Balaban J connectivity index is 1.71. The molecule has 0 spiro atoms. The fraction of sp³-hybridized carbons (Fsp3) is 0.412. The molecule has 0 aliphatic heterocycles. The Morgan fingerprint density at radius 1 is 1.07 bits per heavy atom. The average Bonchev–Trinajstić information content (AvgIpc) is 3.24. The van der Waals surface area contributed by atoms with Gasteiger partial charge in [0.1, 0.15) is 0 Å². The standard InChI is InChI=1S/C17H23N5O5S2/c1-10(23)19-15-20-11(9-28-15)4-5-13-7-6-12(29-13)3-2-8-18-14(21-16(24)25)22-17(26)27/h6-7,9,14,18,21-22H,2-5,8H2,1H3,(H,24,25)(H,26,27)(H,19,20,23). The summed E-state index contributed by atoms with van der Waals surface area (Å²) < 4.78 is 0. The summed E-state index contributed by atoms with van der Waals surface area (Å²) in [6.45, 7) is 1.90. The molecule has 0 aliphatic carbocycles. The van der Waals surface area contributed by atoms with Crippen LogP contribution in [0.15, 0.2) is 17.5 Å². The second-order valence-corrected chi connectivity index (χ2v) is 8.19. The number of hydrogen-bond acceptors (Lipinski definition) is 7. The molecule has 0 atom stereocenters. The van der Waals surface area contributed by atoms with Crippen LogP contribution in [0, 0.1) is 0 Å². The summed E-state index contributed by atoms with van der Waals surface area (Å²) in [5.74, 6) is -0.132. The lowest BCUT2D eigenvalue weighted by atomic mass is 10.2. The van der Waals surface area contributed by atoms with Gasteiger partial charge in [-0.25, -0.2) is 14.6 Å². The van der Waals surface area contributed by atoms with Gasteiger partial charge in [0.2, 0.25) is 5.91 Å². The highest BCUT2D eigenvalue weighted by molar-refractivity contribution is 7.14. The number of carbonyl (C=O) groups excluding carboxylic acids is 1. The van der Waals surface area contributed by atoms with Gasteiger partial charge in [-0.15, -0.1) is 22.7 Å². The van der Waals surface area contributed by atoms with Crippen molar-refractivity contribution in [2.24, 2.45) is 0 Å². The van der Waals surface area contributed by atoms with E-state index in [0.29, 0.717) is 11.7 Å². The van der Waals surface area contributed by atoms with E-state index in [-0.39, 0.29) is 5.91 Å². The fourth-order valence-corrected chi connectivity index (χ4v) is 4.32. The number of hydrogen-bond donors (Lipinski definition) is 6. The highest BCUT2D eigenvalue weighted by Crippen LogP contribution is 2.21. The predicted molar refractivity (Wildman–Crippen MR) is 111 cm³/mol. The summed E-state index contributed by atoms with van der Waals surface area (Å²) in [6, 6.07) is 4.14. The number of nitrogens with one attached hydrogen (secondary N) is 4. The van der Waals surface area contributed by atoms with Gasteiger partial charge in [0.05, 0.1) is 5.69 Å². The number of thiophene rings is 1. The van der Waals surface area contributed by atoms with Crippen molar-refractivity contribution in [1.82, 2.24) is 20.9 Å². The third-order valence-corrected chi connectivity index (χ3v) is 5.67. The quantitative estimate of drug-likeness (QED) is 0.231. The lowest BCUT2D eigenvalue weighted by molar-refractivity contribution is -0.114. The van der Waals surface area contributed by atoms with Crippen LogP contribution >= 0.6 is 22.7 Å². The monoisotopic (exact) mass is 441 g/mol. The summed E-state index contributed by atoms with van der Waals surface area (Å²) in [6.07, 6.45) is -0.504. The molecule has 0 saturated heterocycles. The number of thiazole rings is 1. The summed E-state index contributed by atoms with van der Waals surface area (Å²) in [4.78, 5) is 39.2.